The number of carbonyl (C=O) groups is 1. The second-order valence-electron chi connectivity index (χ2n) is 4.10. The molecule has 0 aliphatic heterocycles. The summed E-state index contributed by atoms with van der Waals surface area (Å²) in [6, 6.07) is 8.53. The smallest absolute Gasteiger partial charge is 0.257 e. The molecule has 0 spiro atoms. The highest BCUT2D eigenvalue weighted by atomic mass is 19.1. The number of nitrogens with one attached hydrogen (secondary N) is 1. The molecule has 23 heavy (non-hydrogen) atoms. The molecule has 0 saturated carbocycles. The summed E-state index contributed by atoms with van der Waals surface area (Å²) in [7, 11) is 0. The number of amides is 1. The van der Waals surface area contributed by atoms with Crippen LogP contribution < -0.4 is 10.1 Å². The van der Waals surface area contributed by atoms with E-state index in [1.807, 2.05) is 13.8 Å². The van der Waals surface area contributed by atoms with E-state index in [1.165, 1.54) is 30.3 Å². The number of anilines is 1. The van der Waals surface area contributed by atoms with Gasteiger partial charge >= 0.3 is 0 Å². The number of benzene rings is 1. The number of carbonyl (C=O) groups excluding carboxylic acids is 1. The Kier molecular flexibility index (Phi) is 7.39. The zero-order chi connectivity index (χ0) is 17.2. The van der Waals surface area contributed by atoms with Gasteiger partial charge in [-0.1, -0.05) is 32.6 Å². The lowest BCUT2D eigenvalue weighted by Crippen LogP contribution is -2.09. The summed E-state index contributed by atoms with van der Waals surface area (Å²) < 4.78 is 31.9. The quantitative estimate of drug-likeness (QED) is 0.667. The maximum Gasteiger partial charge on any atom is 0.257 e. The van der Waals surface area contributed by atoms with Crippen LogP contribution in [0, 0.1) is 11.8 Å². The molecule has 0 atom stereocenters. The van der Waals surface area contributed by atoms with Crippen LogP contribution in [0.5, 0.6) is 5.75 Å². The summed E-state index contributed by atoms with van der Waals surface area (Å²) in [5, 5.41) is 2.33. The van der Waals surface area contributed by atoms with Crippen molar-refractivity contribution in [1.29, 1.82) is 0 Å². The fourth-order valence-corrected chi connectivity index (χ4v) is 1.56. The summed E-state index contributed by atoms with van der Waals surface area (Å²) >= 11 is 0. The van der Waals surface area contributed by atoms with E-state index in [9.17, 15) is 13.6 Å². The number of halogens is 2. The zero-order valence-corrected chi connectivity index (χ0v) is 13.0. The van der Waals surface area contributed by atoms with Crippen LogP contribution in [0.1, 0.15) is 19.4 Å². The summed E-state index contributed by atoms with van der Waals surface area (Å²) in [4.78, 5) is 14.6. The van der Waals surface area contributed by atoms with Crippen LogP contribution >= 0.6 is 0 Å². The Hall–Kier alpha value is -2.76. The largest absolute Gasteiger partial charge is 0.484 e. The van der Waals surface area contributed by atoms with E-state index in [0.717, 1.165) is 6.08 Å². The predicted molar refractivity (Wildman–Crippen MR) is 85.1 cm³/mol. The minimum Gasteiger partial charge on any atom is -0.484 e. The molecule has 1 aromatic carbocycles. The molecular formula is C17H18F2N2O2. The van der Waals surface area contributed by atoms with Gasteiger partial charge < -0.3 is 10.1 Å². The molecule has 122 valence electrons. The van der Waals surface area contributed by atoms with Crippen LogP contribution in [0.25, 0.3) is 0 Å². The normalized spacial score (nSPS) is 9.39. The lowest BCUT2D eigenvalue weighted by molar-refractivity contribution is -0.111. The molecule has 0 aliphatic carbocycles. The number of aromatic nitrogens is 1. The van der Waals surface area contributed by atoms with Gasteiger partial charge in [0.25, 0.3) is 5.95 Å². The zero-order valence-electron chi connectivity index (χ0n) is 13.0. The molecule has 1 aromatic heterocycles. The molecule has 1 N–H and O–H groups in total. The number of rotatable bonds is 5. The first-order valence-corrected chi connectivity index (χ1v) is 7.05. The van der Waals surface area contributed by atoms with Gasteiger partial charge in [-0.25, -0.2) is 4.39 Å². The molecule has 1 amide bonds. The second kappa shape index (κ2) is 9.30. The third-order valence-electron chi connectivity index (χ3n) is 2.53. The fraction of sp³-hybridized carbons (Fsp3) is 0.176. The highest BCUT2D eigenvalue weighted by Crippen LogP contribution is 2.19. The number of hydrogen-bond acceptors (Lipinski definition) is 3. The Labute approximate surface area is 133 Å². The third kappa shape index (κ3) is 5.86. The number of hydrogen-bond donors (Lipinski definition) is 1. The molecule has 6 heteroatoms. The molecule has 2 aromatic rings. The average molecular weight is 320 g/mol. The predicted octanol–water partition coefficient (Wildman–Crippen LogP) is 4.09. The van der Waals surface area contributed by atoms with Crippen molar-refractivity contribution in [3.8, 4) is 5.75 Å². The van der Waals surface area contributed by atoms with E-state index in [-0.39, 0.29) is 18.2 Å². The van der Waals surface area contributed by atoms with E-state index >= 15 is 0 Å². The lowest BCUT2D eigenvalue weighted by atomic mass is 10.2. The van der Waals surface area contributed by atoms with Crippen LogP contribution in [0.2, 0.25) is 0 Å². The van der Waals surface area contributed by atoms with E-state index in [2.05, 4.69) is 16.9 Å². The van der Waals surface area contributed by atoms with E-state index in [0.29, 0.717) is 5.56 Å². The van der Waals surface area contributed by atoms with Crippen molar-refractivity contribution in [2.45, 2.75) is 20.5 Å². The Morgan fingerprint density at radius 1 is 1.30 bits per heavy atom. The summed E-state index contributed by atoms with van der Waals surface area (Å²) in [5.41, 5.74) is 0.568. The molecule has 0 radical (unpaired) electrons. The minimum atomic E-state index is -0.867. The lowest BCUT2D eigenvalue weighted by Gasteiger charge is -2.08. The molecule has 1 heterocycles. The van der Waals surface area contributed by atoms with Gasteiger partial charge in [0, 0.05) is 0 Å². The topological polar surface area (TPSA) is 51.2 Å². The van der Waals surface area contributed by atoms with Crippen molar-refractivity contribution in [2.24, 2.45) is 0 Å². The molecule has 0 unspecified atom stereocenters. The molecule has 0 bridgehead atoms. The Balaban J connectivity index is 0.00000127. The molecule has 4 nitrogen and oxygen atoms in total. The van der Waals surface area contributed by atoms with Crippen molar-refractivity contribution >= 4 is 11.7 Å². The van der Waals surface area contributed by atoms with E-state index in [4.69, 9.17) is 4.74 Å². The van der Waals surface area contributed by atoms with Crippen molar-refractivity contribution in [2.75, 3.05) is 5.32 Å². The van der Waals surface area contributed by atoms with Crippen LogP contribution in [-0.4, -0.2) is 10.9 Å². The monoisotopic (exact) mass is 320 g/mol. The van der Waals surface area contributed by atoms with Gasteiger partial charge in [-0.15, -0.1) is 0 Å². The fourth-order valence-electron chi connectivity index (χ4n) is 1.56. The van der Waals surface area contributed by atoms with Gasteiger partial charge in [0.2, 0.25) is 5.91 Å². The number of pyridine rings is 1. The van der Waals surface area contributed by atoms with Gasteiger partial charge in [0.1, 0.15) is 18.2 Å². The Bertz CT molecular complexity index is 675. The van der Waals surface area contributed by atoms with Crippen molar-refractivity contribution in [1.82, 2.24) is 4.98 Å². The second-order valence-corrected chi connectivity index (χ2v) is 4.10. The van der Waals surface area contributed by atoms with Gasteiger partial charge in [-0.3, -0.25) is 4.79 Å². The average Bonchev–Trinajstić information content (AvgIpc) is 2.56. The molecule has 0 fully saturated rings. The number of nitrogens with zero attached hydrogens (tertiary/aromatic N) is 1. The van der Waals surface area contributed by atoms with Gasteiger partial charge in [-0.05, 0) is 35.9 Å². The SMILES string of the molecule is C=CC(=O)Nc1ccc(OCc2cccc(F)c2)c(F)n1.CC. The first-order valence-electron chi connectivity index (χ1n) is 7.05. The van der Waals surface area contributed by atoms with Crippen LogP contribution in [0.4, 0.5) is 14.6 Å². The number of ether oxygens (including phenoxy) is 1. The summed E-state index contributed by atoms with van der Waals surface area (Å²) in [6.07, 6.45) is 1.05. The molecule has 0 aliphatic rings. The maximum atomic E-state index is 13.7. The highest BCUT2D eigenvalue weighted by Gasteiger charge is 2.08. The van der Waals surface area contributed by atoms with Gasteiger partial charge in [0.05, 0.1) is 0 Å². The Morgan fingerprint density at radius 2 is 2.04 bits per heavy atom. The first kappa shape index (κ1) is 18.3. The molecule has 0 saturated heterocycles. The van der Waals surface area contributed by atoms with Gasteiger partial charge in [0.15, 0.2) is 5.75 Å². The highest BCUT2D eigenvalue weighted by molar-refractivity contribution is 5.98. The van der Waals surface area contributed by atoms with Crippen molar-refractivity contribution in [3.05, 3.63) is 66.4 Å². The summed E-state index contributed by atoms with van der Waals surface area (Å²) in [6.45, 7) is 7.29. The van der Waals surface area contributed by atoms with E-state index < -0.39 is 17.7 Å². The summed E-state index contributed by atoms with van der Waals surface area (Å²) in [5.74, 6) is -1.79. The van der Waals surface area contributed by atoms with Crippen LogP contribution in [0.3, 0.4) is 0 Å². The first-order chi connectivity index (χ1) is 11.1. The minimum absolute atomic E-state index is 0.00865. The van der Waals surface area contributed by atoms with Crippen molar-refractivity contribution < 1.29 is 18.3 Å². The van der Waals surface area contributed by atoms with E-state index in [1.54, 1.807) is 6.07 Å². The molecular weight excluding hydrogens is 302 g/mol. The molecule has 2 rings (SSSR count). The maximum absolute atomic E-state index is 13.7. The Morgan fingerprint density at radius 3 is 2.65 bits per heavy atom. The third-order valence-corrected chi connectivity index (χ3v) is 2.53. The van der Waals surface area contributed by atoms with Crippen LogP contribution in [-0.2, 0) is 11.4 Å². The van der Waals surface area contributed by atoms with Crippen LogP contribution in [0.15, 0.2) is 49.1 Å². The van der Waals surface area contributed by atoms with Crippen molar-refractivity contribution in [3.63, 3.8) is 0 Å². The van der Waals surface area contributed by atoms with Gasteiger partial charge in [-0.2, -0.15) is 9.37 Å². The standard InChI is InChI=1S/C15H12F2N2O2.C2H6/c1-2-14(20)18-13-7-6-12(15(17)19-13)21-9-10-4-3-5-11(16)8-10;1-2/h2-8H,1,9H2,(H,18,19,20);1-2H3.